The van der Waals surface area contributed by atoms with E-state index in [4.69, 9.17) is 5.11 Å². The number of aliphatic hydroxyl groups is 1. The molecule has 1 N–H and O–H groups in total. The van der Waals surface area contributed by atoms with Crippen LogP contribution in [0.5, 0.6) is 0 Å². The average Bonchev–Trinajstić information content (AvgIpc) is 1.86. The molecule has 0 aliphatic heterocycles. The quantitative estimate of drug-likeness (QED) is 0.627. The van der Waals surface area contributed by atoms with Crippen molar-refractivity contribution in [2.75, 3.05) is 0 Å². The fourth-order valence-corrected chi connectivity index (χ4v) is 0.689. The standard InChI is InChI=1S/C7H11F3O/c1-3-5-6(11,4-2)7(8,9)10/h3,5,11H,4H2,1-2H3/b5-3+. The second-order valence-corrected chi connectivity index (χ2v) is 2.28. The van der Waals surface area contributed by atoms with Crippen LogP contribution in [-0.2, 0) is 0 Å². The van der Waals surface area contributed by atoms with E-state index in [2.05, 4.69) is 0 Å². The van der Waals surface area contributed by atoms with Gasteiger partial charge in [0.15, 0.2) is 5.60 Å². The average molecular weight is 168 g/mol. The predicted molar refractivity (Wildman–Crippen MR) is 36.1 cm³/mol. The van der Waals surface area contributed by atoms with Gasteiger partial charge in [0.25, 0.3) is 0 Å². The van der Waals surface area contributed by atoms with Crippen LogP contribution in [0.4, 0.5) is 13.2 Å². The Morgan fingerprint density at radius 2 is 1.82 bits per heavy atom. The minimum Gasteiger partial charge on any atom is -0.377 e. The molecule has 0 rings (SSSR count). The summed E-state index contributed by atoms with van der Waals surface area (Å²) < 4.78 is 36.0. The zero-order chi connectivity index (χ0) is 9.12. The van der Waals surface area contributed by atoms with Crippen LogP contribution >= 0.6 is 0 Å². The summed E-state index contributed by atoms with van der Waals surface area (Å²) in [7, 11) is 0. The highest BCUT2D eigenvalue weighted by molar-refractivity contribution is 5.03. The molecule has 0 saturated heterocycles. The first-order chi connectivity index (χ1) is 4.87. The van der Waals surface area contributed by atoms with E-state index in [1.54, 1.807) is 0 Å². The minimum atomic E-state index is -4.58. The molecule has 0 radical (unpaired) electrons. The molecule has 1 atom stereocenters. The maximum absolute atomic E-state index is 12.0. The Bertz CT molecular complexity index is 150. The molecule has 66 valence electrons. The van der Waals surface area contributed by atoms with E-state index in [1.807, 2.05) is 0 Å². The first-order valence-corrected chi connectivity index (χ1v) is 3.30. The van der Waals surface area contributed by atoms with Crippen molar-refractivity contribution in [3.63, 3.8) is 0 Å². The highest BCUT2D eigenvalue weighted by Crippen LogP contribution is 2.33. The van der Waals surface area contributed by atoms with E-state index in [0.717, 1.165) is 6.08 Å². The summed E-state index contributed by atoms with van der Waals surface area (Å²) in [6.07, 6.45) is -2.99. The van der Waals surface area contributed by atoms with E-state index in [1.165, 1.54) is 19.9 Å². The van der Waals surface area contributed by atoms with Crippen LogP contribution in [0, 0.1) is 0 Å². The molecule has 0 amide bonds. The number of rotatable bonds is 2. The molecule has 0 bridgehead atoms. The van der Waals surface area contributed by atoms with Crippen LogP contribution in [0.1, 0.15) is 20.3 Å². The Kier molecular flexibility index (Phi) is 3.11. The summed E-state index contributed by atoms with van der Waals surface area (Å²) in [4.78, 5) is 0. The third-order valence-corrected chi connectivity index (χ3v) is 1.47. The largest absolute Gasteiger partial charge is 0.420 e. The van der Waals surface area contributed by atoms with Crippen molar-refractivity contribution in [1.29, 1.82) is 0 Å². The van der Waals surface area contributed by atoms with Crippen molar-refractivity contribution < 1.29 is 18.3 Å². The number of hydrogen-bond acceptors (Lipinski definition) is 1. The Morgan fingerprint density at radius 1 is 1.36 bits per heavy atom. The molecule has 0 aliphatic rings. The number of hydrogen-bond donors (Lipinski definition) is 1. The van der Waals surface area contributed by atoms with E-state index >= 15 is 0 Å². The fraction of sp³-hybridized carbons (Fsp3) is 0.714. The summed E-state index contributed by atoms with van der Waals surface area (Å²) in [5.74, 6) is 0. The van der Waals surface area contributed by atoms with Gasteiger partial charge in [0.1, 0.15) is 0 Å². The molecule has 0 fully saturated rings. The van der Waals surface area contributed by atoms with Gasteiger partial charge in [0, 0.05) is 0 Å². The predicted octanol–water partition coefficient (Wildman–Crippen LogP) is 2.27. The van der Waals surface area contributed by atoms with Gasteiger partial charge in [-0.1, -0.05) is 13.0 Å². The molecule has 0 aromatic heterocycles. The first-order valence-electron chi connectivity index (χ1n) is 3.30. The van der Waals surface area contributed by atoms with E-state index in [9.17, 15) is 13.2 Å². The number of halogens is 3. The van der Waals surface area contributed by atoms with Gasteiger partial charge in [-0.05, 0) is 19.4 Å². The molecule has 0 heterocycles. The molecular formula is C7H11F3O. The van der Waals surface area contributed by atoms with Crippen LogP contribution < -0.4 is 0 Å². The second kappa shape index (κ2) is 3.26. The number of alkyl halides is 3. The fourth-order valence-electron chi connectivity index (χ4n) is 0.689. The van der Waals surface area contributed by atoms with E-state index in [-0.39, 0.29) is 6.42 Å². The molecule has 4 heteroatoms. The van der Waals surface area contributed by atoms with Crippen molar-refractivity contribution in [2.45, 2.75) is 32.0 Å². The lowest BCUT2D eigenvalue weighted by Gasteiger charge is -2.25. The van der Waals surface area contributed by atoms with Gasteiger partial charge in [-0.3, -0.25) is 0 Å². The Balaban J connectivity index is 4.60. The summed E-state index contributed by atoms with van der Waals surface area (Å²) in [6, 6.07) is 0. The van der Waals surface area contributed by atoms with Gasteiger partial charge >= 0.3 is 6.18 Å². The third kappa shape index (κ3) is 2.22. The molecule has 1 unspecified atom stereocenters. The van der Waals surface area contributed by atoms with Gasteiger partial charge in [0.05, 0.1) is 0 Å². The molecule has 11 heavy (non-hydrogen) atoms. The maximum atomic E-state index is 12.0. The molecule has 1 nitrogen and oxygen atoms in total. The van der Waals surface area contributed by atoms with Crippen LogP contribution in [0.25, 0.3) is 0 Å². The van der Waals surface area contributed by atoms with Gasteiger partial charge in [-0.15, -0.1) is 0 Å². The lowest BCUT2D eigenvalue weighted by atomic mass is 10.00. The summed E-state index contributed by atoms with van der Waals surface area (Å²) in [6.45, 7) is 2.72. The number of allylic oxidation sites excluding steroid dienone is 1. The molecule has 0 saturated carbocycles. The van der Waals surface area contributed by atoms with Crippen molar-refractivity contribution in [2.24, 2.45) is 0 Å². The zero-order valence-electron chi connectivity index (χ0n) is 6.44. The molecule has 0 spiro atoms. The van der Waals surface area contributed by atoms with Gasteiger partial charge in [-0.2, -0.15) is 13.2 Å². The Labute approximate surface area is 63.5 Å². The summed E-state index contributed by atoms with van der Waals surface area (Å²) in [5, 5.41) is 8.94. The van der Waals surface area contributed by atoms with E-state index < -0.39 is 11.8 Å². The smallest absolute Gasteiger partial charge is 0.377 e. The van der Waals surface area contributed by atoms with E-state index in [0.29, 0.717) is 0 Å². The monoisotopic (exact) mass is 168 g/mol. The first kappa shape index (κ1) is 10.5. The van der Waals surface area contributed by atoms with Crippen LogP contribution in [0.2, 0.25) is 0 Å². The lowest BCUT2D eigenvalue weighted by molar-refractivity contribution is -0.240. The van der Waals surface area contributed by atoms with Crippen LogP contribution in [0.15, 0.2) is 12.2 Å². The molecule has 0 aromatic carbocycles. The molecule has 0 aliphatic carbocycles. The highest BCUT2D eigenvalue weighted by Gasteiger charge is 2.50. The lowest BCUT2D eigenvalue weighted by Crippen LogP contribution is -2.42. The van der Waals surface area contributed by atoms with Crippen LogP contribution in [-0.4, -0.2) is 16.9 Å². The summed E-state index contributed by atoms with van der Waals surface area (Å²) in [5.41, 5.74) is -2.65. The molecule has 0 aromatic rings. The third-order valence-electron chi connectivity index (χ3n) is 1.47. The Hall–Kier alpha value is -0.510. The second-order valence-electron chi connectivity index (χ2n) is 2.28. The topological polar surface area (TPSA) is 20.2 Å². The minimum absolute atomic E-state index is 0.360. The van der Waals surface area contributed by atoms with Gasteiger partial charge in [-0.25, -0.2) is 0 Å². The normalized spacial score (nSPS) is 18.7. The highest BCUT2D eigenvalue weighted by atomic mass is 19.4. The van der Waals surface area contributed by atoms with Gasteiger partial charge < -0.3 is 5.11 Å². The van der Waals surface area contributed by atoms with Crippen molar-refractivity contribution in [3.8, 4) is 0 Å². The van der Waals surface area contributed by atoms with Crippen LogP contribution in [0.3, 0.4) is 0 Å². The maximum Gasteiger partial charge on any atom is 0.420 e. The summed E-state index contributed by atoms with van der Waals surface area (Å²) >= 11 is 0. The van der Waals surface area contributed by atoms with Gasteiger partial charge in [0.2, 0.25) is 0 Å². The Morgan fingerprint density at radius 3 is 1.91 bits per heavy atom. The van der Waals surface area contributed by atoms with Crippen molar-refractivity contribution in [1.82, 2.24) is 0 Å². The molecular weight excluding hydrogens is 157 g/mol. The van der Waals surface area contributed by atoms with Crippen molar-refractivity contribution in [3.05, 3.63) is 12.2 Å². The zero-order valence-corrected chi connectivity index (χ0v) is 6.44. The SMILES string of the molecule is C/C=C/C(O)(CC)C(F)(F)F. The van der Waals surface area contributed by atoms with Crippen molar-refractivity contribution >= 4 is 0 Å².